The first-order chi connectivity index (χ1) is 18.4. The summed E-state index contributed by atoms with van der Waals surface area (Å²) >= 11 is 6.25. The number of rotatable bonds is 11. The number of nitrogens with zero attached hydrogens (tertiary/aromatic N) is 2. The van der Waals surface area contributed by atoms with Gasteiger partial charge < -0.3 is 10.0 Å². The van der Waals surface area contributed by atoms with E-state index in [0.717, 1.165) is 43.4 Å². The van der Waals surface area contributed by atoms with Crippen LogP contribution in [0.2, 0.25) is 5.02 Å². The molecule has 1 N–H and O–H groups in total. The zero-order valence-corrected chi connectivity index (χ0v) is 23.8. The fourth-order valence-corrected chi connectivity index (χ4v) is 7.53. The predicted octanol–water partition coefficient (Wildman–Crippen LogP) is 7.04. The van der Waals surface area contributed by atoms with Crippen LogP contribution in [0.15, 0.2) is 48.5 Å². The van der Waals surface area contributed by atoms with Gasteiger partial charge >= 0.3 is 5.97 Å². The third-order valence-electron chi connectivity index (χ3n) is 9.58. The van der Waals surface area contributed by atoms with Gasteiger partial charge in [-0.15, -0.1) is 0 Å². The second-order valence-corrected chi connectivity index (χ2v) is 12.8. The van der Waals surface area contributed by atoms with Crippen molar-refractivity contribution >= 4 is 17.6 Å². The van der Waals surface area contributed by atoms with E-state index in [1.807, 2.05) is 6.07 Å². The third kappa shape index (κ3) is 7.20. The lowest BCUT2D eigenvalue weighted by Gasteiger charge is -2.35. The monoisotopic (exact) mass is 536 g/mol. The second-order valence-electron chi connectivity index (χ2n) is 12.4. The lowest BCUT2D eigenvalue weighted by Crippen LogP contribution is -2.43. The molecule has 206 valence electrons. The fraction of sp³-hybridized carbons (Fsp3) is 0.606. The van der Waals surface area contributed by atoms with E-state index in [0.29, 0.717) is 17.8 Å². The minimum absolute atomic E-state index is 0.328. The summed E-state index contributed by atoms with van der Waals surface area (Å²) in [6.45, 7) is 7.32. The maximum absolute atomic E-state index is 12.3. The SMILES string of the molecule is Cc1cc(Cl)cc(CCCC2CCN(CC3CN(C(CC4CCC4)C(=O)O)CC3c3ccccc3)CC2)c1. The van der Waals surface area contributed by atoms with Crippen molar-refractivity contribution in [2.45, 2.75) is 76.7 Å². The Balaban J connectivity index is 1.14. The van der Waals surface area contributed by atoms with E-state index in [1.54, 1.807) is 0 Å². The minimum atomic E-state index is -0.627. The van der Waals surface area contributed by atoms with Crippen LogP contribution in [0.1, 0.15) is 74.0 Å². The summed E-state index contributed by atoms with van der Waals surface area (Å²) in [5, 5.41) is 11.0. The standard InChI is InChI=1S/C33H45ClN2O2/c1-24-17-27(19-30(34)18-24)10-5-7-25-13-15-35(16-14-25)21-29-22-36(23-31(29)28-11-3-2-4-12-28)32(33(37)38)20-26-8-6-9-26/h2-4,11-12,17-19,25-26,29,31-32H,5-10,13-16,20-23H2,1H3,(H,37,38). The van der Waals surface area contributed by atoms with Crippen LogP contribution in [-0.4, -0.2) is 59.6 Å². The van der Waals surface area contributed by atoms with E-state index in [-0.39, 0.29) is 6.04 Å². The first-order valence-electron chi connectivity index (χ1n) is 14.9. The summed E-state index contributed by atoms with van der Waals surface area (Å²) in [7, 11) is 0. The van der Waals surface area contributed by atoms with Crippen molar-refractivity contribution in [3.05, 3.63) is 70.2 Å². The minimum Gasteiger partial charge on any atom is -0.480 e. The highest BCUT2D eigenvalue weighted by Crippen LogP contribution is 2.38. The highest BCUT2D eigenvalue weighted by Gasteiger charge is 2.41. The quantitative estimate of drug-likeness (QED) is 0.334. The Morgan fingerprint density at radius 3 is 2.45 bits per heavy atom. The molecule has 0 spiro atoms. The average Bonchev–Trinajstić information content (AvgIpc) is 3.27. The van der Waals surface area contributed by atoms with Crippen LogP contribution in [-0.2, 0) is 11.2 Å². The highest BCUT2D eigenvalue weighted by atomic mass is 35.5. The number of carbonyl (C=O) groups is 1. The van der Waals surface area contributed by atoms with Crippen LogP contribution in [0, 0.1) is 24.7 Å². The van der Waals surface area contributed by atoms with Crippen LogP contribution in [0.25, 0.3) is 0 Å². The van der Waals surface area contributed by atoms with Crippen molar-refractivity contribution < 1.29 is 9.90 Å². The summed E-state index contributed by atoms with van der Waals surface area (Å²) in [5.41, 5.74) is 3.99. The van der Waals surface area contributed by atoms with Crippen molar-refractivity contribution in [1.82, 2.24) is 9.80 Å². The van der Waals surface area contributed by atoms with E-state index in [1.165, 1.54) is 74.7 Å². The number of piperidine rings is 1. The molecule has 1 aliphatic carbocycles. The molecule has 3 aliphatic rings. The van der Waals surface area contributed by atoms with E-state index in [9.17, 15) is 9.90 Å². The number of likely N-dealkylation sites (tertiary alicyclic amines) is 2. The van der Waals surface area contributed by atoms with E-state index >= 15 is 0 Å². The van der Waals surface area contributed by atoms with Gasteiger partial charge in [-0.1, -0.05) is 73.7 Å². The fourth-order valence-electron chi connectivity index (χ4n) is 7.21. The molecule has 4 nitrogen and oxygen atoms in total. The van der Waals surface area contributed by atoms with Crippen molar-refractivity contribution in [2.24, 2.45) is 17.8 Å². The second kappa shape index (κ2) is 13.0. The molecule has 1 saturated carbocycles. The molecule has 0 bridgehead atoms. The summed E-state index contributed by atoms with van der Waals surface area (Å²) in [6.07, 6.45) is 10.7. The summed E-state index contributed by atoms with van der Waals surface area (Å²) in [4.78, 5) is 17.3. The Morgan fingerprint density at radius 2 is 1.79 bits per heavy atom. The molecule has 0 radical (unpaired) electrons. The molecule has 0 aromatic heterocycles. The molecule has 2 aliphatic heterocycles. The van der Waals surface area contributed by atoms with Crippen LogP contribution >= 0.6 is 11.6 Å². The van der Waals surface area contributed by atoms with Gasteiger partial charge in [0.05, 0.1) is 0 Å². The largest absolute Gasteiger partial charge is 0.480 e. The number of benzene rings is 2. The highest BCUT2D eigenvalue weighted by molar-refractivity contribution is 6.30. The number of hydrogen-bond acceptors (Lipinski definition) is 3. The zero-order chi connectivity index (χ0) is 26.5. The molecule has 3 atom stereocenters. The van der Waals surface area contributed by atoms with Crippen molar-refractivity contribution in [1.29, 1.82) is 0 Å². The number of halogens is 1. The molecule has 2 saturated heterocycles. The van der Waals surface area contributed by atoms with Crippen LogP contribution in [0.5, 0.6) is 0 Å². The topological polar surface area (TPSA) is 43.8 Å². The molecule has 3 fully saturated rings. The Bertz CT molecular complexity index is 1030. The molecule has 2 heterocycles. The van der Waals surface area contributed by atoms with E-state index in [2.05, 4.69) is 59.2 Å². The molecule has 0 amide bonds. The van der Waals surface area contributed by atoms with Crippen molar-refractivity contribution in [3.8, 4) is 0 Å². The Morgan fingerprint density at radius 1 is 1.03 bits per heavy atom. The maximum Gasteiger partial charge on any atom is 0.320 e. The van der Waals surface area contributed by atoms with Gasteiger partial charge in [-0.3, -0.25) is 9.69 Å². The normalized spacial score (nSPS) is 24.4. The van der Waals surface area contributed by atoms with Gasteiger partial charge in [-0.2, -0.15) is 0 Å². The molecular formula is C33H45ClN2O2. The van der Waals surface area contributed by atoms with Gasteiger partial charge in [0, 0.05) is 30.6 Å². The predicted molar refractivity (Wildman–Crippen MR) is 156 cm³/mol. The molecule has 3 unspecified atom stereocenters. The van der Waals surface area contributed by atoms with E-state index in [4.69, 9.17) is 11.6 Å². The first kappa shape index (κ1) is 27.7. The van der Waals surface area contributed by atoms with Crippen molar-refractivity contribution in [2.75, 3.05) is 32.7 Å². The Hall–Kier alpha value is -1.88. The number of carboxylic acid groups (broad SMARTS) is 1. The molecule has 38 heavy (non-hydrogen) atoms. The summed E-state index contributed by atoms with van der Waals surface area (Å²) < 4.78 is 0. The lowest BCUT2D eigenvalue weighted by atomic mass is 9.80. The van der Waals surface area contributed by atoms with Crippen LogP contribution < -0.4 is 0 Å². The first-order valence-corrected chi connectivity index (χ1v) is 15.3. The van der Waals surface area contributed by atoms with Gasteiger partial charge in [0.25, 0.3) is 0 Å². The van der Waals surface area contributed by atoms with Crippen molar-refractivity contribution in [3.63, 3.8) is 0 Å². The van der Waals surface area contributed by atoms with Gasteiger partial charge in [0.15, 0.2) is 0 Å². The molecular weight excluding hydrogens is 492 g/mol. The van der Waals surface area contributed by atoms with E-state index < -0.39 is 5.97 Å². The average molecular weight is 537 g/mol. The molecule has 5 rings (SSSR count). The molecule has 5 heteroatoms. The lowest BCUT2D eigenvalue weighted by molar-refractivity contribution is -0.144. The van der Waals surface area contributed by atoms with Crippen LogP contribution in [0.3, 0.4) is 0 Å². The van der Waals surface area contributed by atoms with Gasteiger partial charge in [-0.25, -0.2) is 0 Å². The number of hydrogen-bond donors (Lipinski definition) is 1. The Kier molecular flexibility index (Phi) is 9.46. The maximum atomic E-state index is 12.3. The van der Waals surface area contributed by atoms with Gasteiger partial charge in [0.2, 0.25) is 0 Å². The summed E-state index contributed by atoms with van der Waals surface area (Å²) in [6, 6.07) is 16.9. The number of carboxylic acids is 1. The van der Waals surface area contributed by atoms with Crippen LogP contribution in [0.4, 0.5) is 0 Å². The number of aryl methyl sites for hydroxylation is 2. The number of aliphatic carboxylic acids is 1. The molecule has 2 aromatic carbocycles. The Labute approximate surface area is 234 Å². The third-order valence-corrected chi connectivity index (χ3v) is 9.80. The van der Waals surface area contributed by atoms with Gasteiger partial charge in [0.1, 0.15) is 6.04 Å². The smallest absolute Gasteiger partial charge is 0.320 e. The molecule has 2 aromatic rings. The summed E-state index contributed by atoms with van der Waals surface area (Å²) in [5.74, 6) is 1.70. The van der Waals surface area contributed by atoms with Gasteiger partial charge in [-0.05, 0) is 98.7 Å². The zero-order valence-electron chi connectivity index (χ0n) is 23.0.